The Hall–Kier alpha value is -1.56. The van der Waals surface area contributed by atoms with Crippen LogP contribution >= 0.6 is 11.6 Å². The second kappa shape index (κ2) is 6.74. The highest BCUT2D eigenvalue weighted by molar-refractivity contribution is 6.31. The van der Waals surface area contributed by atoms with Crippen molar-refractivity contribution < 1.29 is 22.8 Å². The van der Waals surface area contributed by atoms with E-state index in [-0.39, 0.29) is 17.1 Å². The summed E-state index contributed by atoms with van der Waals surface area (Å²) in [4.78, 5) is 22.8. The van der Waals surface area contributed by atoms with E-state index in [1.165, 1.54) is 12.1 Å². The predicted molar refractivity (Wildman–Crippen MR) is 70.0 cm³/mol. The second-order valence-corrected chi connectivity index (χ2v) is 4.60. The number of Topliss-reactive ketones (excluding diaryl/α,β-unsaturated/α-hetero) is 1. The fourth-order valence-corrected chi connectivity index (χ4v) is 1.69. The third kappa shape index (κ3) is 4.52. The number of hydrogen-bond acceptors (Lipinski definition) is 2. The van der Waals surface area contributed by atoms with Gasteiger partial charge in [0.05, 0.1) is 11.3 Å². The molecule has 20 heavy (non-hydrogen) atoms. The van der Waals surface area contributed by atoms with Gasteiger partial charge in [0, 0.05) is 11.4 Å². The molecule has 0 aliphatic rings. The van der Waals surface area contributed by atoms with Crippen molar-refractivity contribution in [2.75, 3.05) is 5.32 Å². The Bertz CT molecular complexity index is 515. The summed E-state index contributed by atoms with van der Waals surface area (Å²) < 4.78 is 37.4. The molecule has 0 bridgehead atoms. The molecule has 0 atom stereocenters. The number of alkyl halides is 3. The van der Waals surface area contributed by atoms with Gasteiger partial charge in [-0.05, 0) is 24.6 Å². The van der Waals surface area contributed by atoms with Crippen molar-refractivity contribution in [2.45, 2.75) is 32.4 Å². The molecule has 1 aromatic carbocycles. The number of anilines is 1. The minimum absolute atomic E-state index is 0.0100. The van der Waals surface area contributed by atoms with Crippen LogP contribution in [0.4, 0.5) is 18.9 Å². The average Bonchev–Trinajstić information content (AvgIpc) is 2.36. The summed E-state index contributed by atoms with van der Waals surface area (Å²) in [6, 6.07) is 3.39. The molecular formula is C13H13ClF3NO2. The van der Waals surface area contributed by atoms with Gasteiger partial charge in [-0.3, -0.25) is 9.59 Å². The lowest BCUT2D eigenvalue weighted by Gasteiger charge is -2.12. The summed E-state index contributed by atoms with van der Waals surface area (Å²) >= 11 is 5.60. The lowest BCUT2D eigenvalue weighted by atomic mass is 10.1. The molecular weight excluding hydrogens is 295 g/mol. The lowest BCUT2D eigenvalue weighted by Crippen LogP contribution is -2.25. The highest BCUT2D eigenvalue weighted by atomic mass is 35.5. The van der Waals surface area contributed by atoms with Crippen molar-refractivity contribution >= 4 is 29.0 Å². The van der Waals surface area contributed by atoms with Crippen molar-refractivity contribution in [1.82, 2.24) is 0 Å². The molecule has 0 saturated carbocycles. The molecule has 7 heteroatoms. The van der Waals surface area contributed by atoms with Gasteiger partial charge < -0.3 is 5.32 Å². The maximum absolute atomic E-state index is 12.5. The smallest absolute Gasteiger partial charge is 0.325 e. The van der Waals surface area contributed by atoms with Crippen LogP contribution in [0.3, 0.4) is 0 Å². The van der Waals surface area contributed by atoms with Crippen LogP contribution in [0.1, 0.15) is 36.5 Å². The quantitative estimate of drug-likeness (QED) is 0.828. The fourth-order valence-electron chi connectivity index (χ4n) is 1.52. The number of unbranched alkanes of at least 4 members (excludes halogenated alkanes) is 1. The minimum atomic E-state index is -5.02. The number of hydrogen-bond donors (Lipinski definition) is 1. The van der Waals surface area contributed by atoms with Gasteiger partial charge in [-0.2, -0.15) is 13.2 Å². The maximum atomic E-state index is 12.5. The number of halogens is 4. The van der Waals surface area contributed by atoms with Crippen molar-refractivity contribution in [1.29, 1.82) is 0 Å². The minimum Gasteiger partial charge on any atom is -0.325 e. The number of rotatable bonds is 5. The van der Waals surface area contributed by atoms with Gasteiger partial charge in [-0.1, -0.05) is 24.9 Å². The average molecular weight is 308 g/mol. The third-order valence-electron chi connectivity index (χ3n) is 2.52. The van der Waals surface area contributed by atoms with E-state index in [2.05, 4.69) is 5.32 Å². The zero-order chi connectivity index (χ0) is 15.3. The first-order valence-electron chi connectivity index (χ1n) is 5.96. The number of benzene rings is 1. The number of nitrogens with one attached hydrogen (secondary N) is 1. The van der Waals surface area contributed by atoms with E-state index in [1.54, 1.807) is 0 Å². The fraction of sp³-hybridized carbons (Fsp3) is 0.385. The molecule has 1 rings (SSSR count). The molecule has 1 aromatic rings. The second-order valence-electron chi connectivity index (χ2n) is 4.17. The van der Waals surface area contributed by atoms with E-state index in [9.17, 15) is 22.8 Å². The first-order valence-corrected chi connectivity index (χ1v) is 6.34. The summed E-state index contributed by atoms with van der Waals surface area (Å²) in [7, 11) is 0. The number of carbonyl (C=O) groups excluding carboxylic acids is 2. The van der Waals surface area contributed by atoms with Crippen molar-refractivity contribution in [3.8, 4) is 0 Å². The van der Waals surface area contributed by atoms with Crippen LogP contribution < -0.4 is 5.32 Å². The van der Waals surface area contributed by atoms with Crippen LogP contribution in [0.2, 0.25) is 5.02 Å². The first-order chi connectivity index (χ1) is 9.25. The first kappa shape index (κ1) is 16.5. The van der Waals surface area contributed by atoms with Gasteiger partial charge in [0.1, 0.15) is 0 Å². The maximum Gasteiger partial charge on any atom is 0.454 e. The Morgan fingerprint density at radius 2 is 1.95 bits per heavy atom. The monoisotopic (exact) mass is 307 g/mol. The van der Waals surface area contributed by atoms with Crippen molar-refractivity contribution in [3.63, 3.8) is 0 Å². The van der Waals surface area contributed by atoms with Crippen LogP contribution in [0, 0.1) is 0 Å². The van der Waals surface area contributed by atoms with Crippen molar-refractivity contribution in [3.05, 3.63) is 28.8 Å². The van der Waals surface area contributed by atoms with Crippen LogP contribution in [0.5, 0.6) is 0 Å². The highest BCUT2D eigenvalue weighted by Crippen LogP contribution is 2.28. The molecule has 0 fully saturated rings. The molecule has 0 heterocycles. The number of ketones is 1. The van der Waals surface area contributed by atoms with E-state index in [1.807, 2.05) is 6.92 Å². The summed E-state index contributed by atoms with van der Waals surface area (Å²) in [6.45, 7) is 1.88. The zero-order valence-electron chi connectivity index (χ0n) is 10.7. The van der Waals surface area contributed by atoms with Crippen LogP contribution in [-0.2, 0) is 4.79 Å². The SMILES string of the molecule is CCCCC(=O)Nc1ccc(Cl)cc1C(=O)C(F)(F)F. The number of amides is 1. The zero-order valence-corrected chi connectivity index (χ0v) is 11.4. The molecule has 1 amide bonds. The van der Waals surface area contributed by atoms with Gasteiger partial charge in [0.2, 0.25) is 5.91 Å². The van der Waals surface area contributed by atoms with Gasteiger partial charge in [0.25, 0.3) is 5.78 Å². The highest BCUT2D eigenvalue weighted by Gasteiger charge is 2.40. The van der Waals surface area contributed by atoms with E-state index in [4.69, 9.17) is 11.6 Å². The van der Waals surface area contributed by atoms with E-state index in [0.717, 1.165) is 12.5 Å². The molecule has 0 spiro atoms. The lowest BCUT2D eigenvalue weighted by molar-refractivity contribution is -0.116. The molecule has 0 aliphatic carbocycles. The number of carbonyl (C=O) groups is 2. The van der Waals surface area contributed by atoms with Gasteiger partial charge in [0.15, 0.2) is 0 Å². The Balaban J connectivity index is 3.02. The Morgan fingerprint density at radius 1 is 1.30 bits per heavy atom. The largest absolute Gasteiger partial charge is 0.454 e. The Morgan fingerprint density at radius 3 is 2.50 bits per heavy atom. The molecule has 3 nitrogen and oxygen atoms in total. The van der Waals surface area contributed by atoms with Gasteiger partial charge in [-0.25, -0.2) is 0 Å². The summed E-state index contributed by atoms with van der Waals surface area (Å²) in [6.07, 6.45) is -3.45. The van der Waals surface area contributed by atoms with Crippen molar-refractivity contribution in [2.24, 2.45) is 0 Å². The van der Waals surface area contributed by atoms with E-state index in [0.29, 0.717) is 6.42 Å². The molecule has 1 N–H and O–H groups in total. The van der Waals surface area contributed by atoms with Crippen LogP contribution in [-0.4, -0.2) is 17.9 Å². The van der Waals surface area contributed by atoms with E-state index >= 15 is 0 Å². The molecule has 110 valence electrons. The summed E-state index contributed by atoms with van der Waals surface area (Å²) in [5.74, 6) is -2.48. The standard InChI is InChI=1S/C13H13ClF3NO2/c1-2-3-4-11(19)18-10-6-5-8(14)7-9(10)12(20)13(15,16)17/h5-7H,2-4H2,1H3,(H,18,19). The van der Waals surface area contributed by atoms with E-state index < -0.39 is 23.4 Å². The third-order valence-corrected chi connectivity index (χ3v) is 2.75. The predicted octanol–water partition coefficient (Wildman–Crippen LogP) is 4.21. The summed E-state index contributed by atoms with van der Waals surface area (Å²) in [5, 5.41) is 2.30. The van der Waals surface area contributed by atoms with Gasteiger partial charge >= 0.3 is 6.18 Å². The molecule has 0 aromatic heterocycles. The molecule has 0 unspecified atom stereocenters. The Labute approximate surface area is 119 Å². The normalized spacial score (nSPS) is 11.2. The van der Waals surface area contributed by atoms with Crippen LogP contribution in [0.25, 0.3) is 0 Å². The van der Waals surface area contributed by atoms with Gasteiger partial charge in [-0.15, -0.1) is 0 Å². The van der Waals surface area contributed by atoms with Crippen LogP contribution in [0.15, 0.2) is 18.2 Å². The summed E-state index contributed by atoms with van der Waals surface area (Å²) in [5.41, 5.74) is -0.840. The molecule has 0 saturated heterocycles. The molecule has 0 aliphatic heterocycles. The molecule has 0 radical (unpaired) electrons. The Kier molecular flexibility index (Phi) is 5.56. The topological polar surface area (TPSA) is 46.2 Å².